The van der Waals surface area contributed by atoms with E-state index in [1.807, 2.05) is 0 Å². The molecule has 0 saturated heterocycles. The predicted octanol–water partition coefficient (Wildman–Crippen LogP) is 13.5. The Bertz CT molecular complexity index is 3040. The van der Waals surface area contributed by atoms with E-state index in [-0.39, 0.29) is 10.8 Å². The van der Waals surface area contributed by atoms with Gasteiger partial charge in [-0.2, -0.15) is 0 Å². The van der Waals surface area contributed by atoms with Gasteiger partial charge >= 0.3 is 0 Å². The summed E-state index contributed by atoms with van der Waals surface area (Å²) in [6.07, 6.45) is 12.6. The molecule has 3 aliphatic carbocycles. The van der Waals surface area contributed by atoms with Crippen LogP contribution >= 0.6 is 0 Å². The van der Waals surface area contributed by atoms with Crippen LogP contribution in [-0.4, -0.2) is 7.85 Å². The molecule has 1 aliphatic heterocycles. The lowest BCUT2D eigenvalue weighted by molar-refractivity contribution is 0.332. The number of benzene rings is 7. The maximum Gasteiger partial charge on any atom is 0.142 e. The molecule has 7 aromatic rings. The fraction of sp³-hybridized carbons (Fsp3) is 0.220. The zero-order valence-electron chi connectivity index (χ0n) is 37.1. The van der Waals surface area contributed by atoms with E-state index in [2.05, 4.69) is 205 Å². The van der Waals surface area contributed by atoms with Crippen LogP contribution < -0.4 is 16.1 Å². The van der Waals surface area contributed by atoms with Crippen molar-refractivity contribution in [3.63, 3.8) is 0 Å². The number of anilines is 4. The summed E-state index contributed by atoms with van der Waals surface area (Å²) < 4.78 is 0. The molecule has 0 amide bonds. The van der Waals surface area contributed by atoms with Crippen molar-refractivity contribution in [2.24, 2.45) is 0 Å². The third kappa shape index (κ3) is 5.63. The second-order valence-corrected chi connectivity index (χ2v) is 19.7. The molecule has 1 atom stereocenters. The molecule has 0 fully saturated rings. The molecule has 11 rings (SSSR count). The predicted molar refractivity (Wildman–Crippen MR) is 266 cm³/mol. The van der Waals surface area contributed by atoms with E-state index in [0.29, 0.717) is 0 Å². The summed E-state index contributed by atoms with van der Waals surface area (Å²) in [7, 11) is 2.31. The van der Waals surface area contributed by atoms with Crippen molar-refractivity contribution in [1.29, 1.82) is 0 Å². The van der Waals surface area contributed by atoms with Gasteiger partial charge in [0.1, 0.15) is 7.85 Å². The minimum atomic E-state index is -0.519. The fourth-order valence-electron chi connectivity index (χ4n) is 11.8. The Labute approximate surface area is 369 Å². The maximum atomic E-state index is 7.33. The van der Waals surface area contributed by atoms with Crippen LogP contribution in [0.3, 0.4) is 0 Å². The second kappa shape index (κ2) is 14.1. The van der Waals surface area contributed by atoms with Crippen molar-refractivity contribution < 1.29 is 0 Å². The Morgan fingerprint density at radius 1 is 0.581 bits per heavy atom. The first-order valence-electron chi connectivity index (χ1n) is 22.7. The van der Waals surface area contributed by atoms with Gasteiger partial charge in [0.2, 0.25) is 0 Å². The minimum Gasteiger partial charge on any atom is -0.398 e. The number of hydrogen-bond donors (Lipinski definition) is 1. The highest BCUT2D eigenvalue weighted by Gasteiger charge is 2.48. The Balaban J connectivity index is 1.28. The number of nitrogens with two attached hydrogens (primary N) is 1. The van der Waals surface area contributed by atoms with Gasteiger partial charge in [0, 0.05) is 22.5 Å². The highest BCUT2D eigenvalue weighted by atomic mass is 15.2. The molecule has 7 aromatic carbocycles. The van der Waals surface area contributed by atoms with Gasteiger partial charge in [0.15, 0.2) is 0 Å². The smallest absolute Gasteiger partial charge is 0.142 e. The van der Waals surface area contributed by atoms with E-state index in [1.54, 1.807) is 0 Å². The molecule has 3 heteroatoms. The summed E-state index contributed by atoms with van der Waals surface area (Å²) in [5.41, 5.74) is 32.0. The number of fused-ring (bicyclic) bond motifs is 6. The largest absolute Gasteiger partial charge is 0.398 e. The van der Waals surface area contributed by atoms with E-state index in [9.17, 15) is 0 Å². The number of rotatable bonds is 5. The van der Waals surface area contributed by atoms with Crippen molar-refractivity contribution in [3.8, 4) is 33.4 Å². The summed E-state index contributed by atoms with van der Waals surface area (Å²) in [5, 5.41) is 0. The number of nitrogen functional groups attached to an aromatic ring is 1. The first kappa shape index (κ1) is 38.6. The lowest BCUT2D eigenvalue weighted by Gasteiger charge is -2.48. The average molecular weight is 803 g/mol. The van der Waals surface area contributed by atoms with Crippen molar-refractivity contribution in [3.05, 3.63) is 208 Å². The highest BCUT2D eigenvalue weighted by molar-refractivity contribution is 6.37. The van der Waals surface area contributed by atoms with Crippen LogP contribution in [0, 0.1) is 6.92 Å². The van der Waals surface area contributed by atoms with Crippen molar-refractivity contribution >= 4 is 36.1 Å². The van der Waals surface area contributed by atoms with Gasteiger partial charge in [-0.1, -0.05) is 173 Å². The molecule has 2 N–H and O–H groups in total. The Kier molecular flexibility index (Phi) is 8.78. The maximum absolute atomic E-state index is 7.33. The summed E-state index contributed by atoms with van der Waals surface area (Å²) in [6, 6.07) is 53.1. The van der Waals surface area contributed by atoms with Crippen LogP contribution in [0.5, 0.6) is 0 Å². The summed E-state index contributed by atoms with van der Waals surface area (Å²) in [5.74, 6) is 0. The molecule has 0 aromatic heterocycles. The average Bonchev–Trinajstić information content (AvgIpc) is 3.66. The van der Waals surface area contributed by atoms with Gasteiger partial charge in [-0.25, -0.2) is 0 Å². The molecule has 1 unspecified atom stereocenters. The quantitative estimate of drug-likeness (QED) is 0.139. The van der Waals surface area contributed by atoms with Crippen molar-refractivity contribution in [2.75, 3.05) is 10.6 Å². The number of allylic oxidation sites excluding steroid dienone is 4. The van der Waals surface area contributed by atoms with Crippen LogP contribution in [0.15, 0.2) is 163 Å². The van der Waals surface area contributed by atoms with Crippen LogP contribution in [0.1, 0.15) is 97.9 Å². The van der Waals surface area contributed by atoms with Gasteiger partial charge in [-0.3, -0.25) is 0 Å². The topological polar surface area (TPSA) is 29.3 Å². The van der Waals surface area contributed by atoms with Crippen LogP contribution in [0.25, 0.3) is 33.4 Å². The van der Waals surface area contributed by atoms with E-state index in [0.717, 1.165) is 36.9 Å². The van der Waals surface area contributed by atoms with E-state index < -0.39 is 5.41 Å². The molecular weight excluding hydrogens is 747 g/mol. The lowest BCUT2D eigenvalue weighted by atomic mass is 9.60. The Morgan fingerprint density at radius 2 is 1.32 bits per heavy atom. The lowest BCUT2D eigenvalue weighted by Crippen LogP contribution is -2.40. The number of aryl methyl sites for hydroxylation is 1. The minimum absolute atomic E-state index is 0.0370. The molecule has 0 spiro atoms. The van der Waals surface area contributed by atoms with Crippen LogP contribution in [0.4, 0.5) is 22.7 Å². The molecule has 2 nitrogen and oxygen atoms in total. The SMILES string of the molecule is Bc1cccc2c1N(c1cc(C)cc(-c3c(N)ccc4c3-c3ccccc3C4)c1-c1ccc3c(c1)C(C)(C)CCC3(C)C)c1ccccc1C2(C1=CCCC=C1)c1ccccc1. The monoisotopic (exact) mass is 802 g/mol. The first-order valence-corrected chi connectivity index (χ1v) is 22.7. The fourth-order valence-corrected chi connectivity index (χ4v) is 11.8. The van der Waals surface area contributed by atoms with Crippen molar-refractivity contribution in [1.82, 2.24) is 0 Å². The molecule has 304 valence electrons. The van der Waals surface area contributed by atoms with Gasteiger partial charge in [0.25, 0.3) is 0 Å². The molecule has 62 heavy (non-hydrogen) atoms. The molecule has 4 aliphatic rings. The van der Waals surface area contributed by atoms with Crippen LogP contribution in [0.2, 0.25) is 0 Å². The normalized spacial score (nSPS) is 18.9. The third-order valence-corrected chi connectivity index (χ3v) is 15.0. The highest BCUT2D eigenvalue weighted by Crippen LogP contribution is 2.61. The molecule has 1 heterocycles. The molecule has 0 saturated carbocycles. The summed E-state index contributed by atoms with van der Waals surface area (Å²) >= 11 is 0. The van der Waals surface area contributed by atoms with Gasteiger partial charge in [-0.15, -0.1) is 0 Å². The number of para-hydroxylation sites is 2. The standard InChI is InChI=1S/C59H55BN2/c1-37-33-44(55-50(61)30-28-39-35-38-17-12-13-22-43(38)54(39)55)53(40-27-29-45-48(36-40)58(4,5)32-31-57(45,2)3)52(34-37)62-51-26-15-14-23-46(51)59(41-18-8-6-9-19-41,42-20-10-7-11-21-42)47-24-16-25-49(60)56(47)62/h6,8-10,12-30,33-34,36H,7,11,31-32,35,60-61H2,1-5H3. The van der Waals surface area contributed by atoms with Crippen LogP contribution in [-0.2, 0) is 22.7 Å². The summed E-state index contributed by atoms with van der Waals surface area (Å²) in [4.78, 5) is 2.63. The molecule has 0 radical (unpaired) electrons. The molecular formula is C59H55BN2. The zero-order chi connectivity index (χ0) is 42.5. The Morgan fingerprint density at radius 3 is 2.13 bits per heavy atom. The van der Waals surface area contributed by atoms with Gasteiger partial charge in [0.05, 0.1) is 16.8 Å². The summed E-state index contributed by atoms with van der Waals surface area (Å²) in [6.45, 7) is 12.0. The van der Waals surface area contributed by atoms with E-state index in [4.69, 9.17) is 5.73 Å². The Hall–Kier alpha value is -6.32. The molecule has 0 bridgehead atoms. The van der Waals surface area contributed by atoms with E-state index in [1.165, 1.54) is 107 Å². The second-order valence-electron chi connectivity index (χ2n) is 19.7. The third-order valence-electron chi connectivity index (χ3n) is 15.0. The first-order chi connectivity index (χ1) is 30.0. The number of hydrogen-bond acceptors (Lipinski definition) is 2. The van der Waals surface area contributed by atoms with Gasteiger partial charge in [-0.05, 0) is 140 Å². The van der Waals surface area contributed by atoms with Crippen molar-refractivity contribution in [2.45, 2.75) is 83.0 Å². The van der Waals surface area contributed by atoms with Gasteiger partial charge < -0.3 is 10.6 Å². The zero-order valence-corrected chi connectivity index (χ0v) is 37.1. The number of nitrogens with zero attached hydrogens (tertiary/aromatic N) is 1. The van der Waals surface area contributed by atoms with E-state index >= 15 is 0 Å².